The fourth-order valence-electron chi connectivity index (χ4n) is 0. The Morgan fingerprint density at radius 1 is 1.20 bits per heavy atom. The molecule has 0 aromatic carbocycles. The smallest absolute Gasteiger partial charge is 0 e. The molecule has 0 saturated carbocycles. The first-order chi connectivity index (χ1) is 4.24. The van der Waals surface area contributed by atoms with Gasteiger partial charge in [-0.05, 0) is 0 Å². The van der Waals surface area contributed by atoms with Gasteiger partial charge in [0.05, 0.1) is 0 Å². The Morgan fingerprint density at radius 3 is 1.20 bits per heavy atom. The minimum atomic E-state index is 0. The molecule has 0 N–H and O–H groups in total. The van der Waals surface area contributed by atoms with Gasteiger partial charge in [-0.25, -0.2) is 0 Å². The Labute approximate surface area is 73.9 Å². The van der Waals surface area contributed by atoms with E-state index in [1.807, 2.05) is 6.92 Å². The van der Waals surface area contributed by atoms with Crippen molar-refractivity contribution in [3.05, 3.63) is 6.92 Å². The molecular formula is C7H13CuO2-3. The maximum absolute atomic E-state index is 8.68. The van der Waals surface area contributed by atoms with E-state index in [0.29, 0.717) is 0 Å². The third-order valence-electron chi connectivity index (χ3n) is 0. The van der Waals surface area contributed by atoms with Gasteiger partial charge in [0.2, 0.25) is 0 Å². The molecule has 0 spiro atoms. The summed E-state index contributed by atoms with van der Waals surface area (Å²) in [5.41, 5.74) is 0. The van der Waals surface area contributed by atoms with Crippen LogP contribution in [0, 0.1) is 6.92 Å². The van der Waals surface area contributed by atoms with E-state index >= 15 is 0 Å². The minimum absolute atomic E-state index is 0. The molecule has 2 nitrogen and oxygen atoms in total. The van der Waals surface area contributed by atoms with Crippen molar-refractivity contribution in [1.82, 2.24) is 0 Å². The van der Waals surface area contributed by atoms with Crippen molar-refractivity contribution in [1.29, 1.82) is 0 Å². The first-order valence-corrected chi connectivity index (χ1v) is 2.62. The zero-order chi connectivity index (χ0) is 8.12. The van der Waals surface area contributed by atoms with Crippen molar-refractivity contribution in [2.24, 2.45) is 0 Å². The molecule has 0 amide bonds. The van der Waals surface area contributed by atoms with Crippen molar-refractivity contribution < 1.29 is 26.7 Å². The summed E-state index contributed by atoms with van der Waals surface area (Å²) in [6, 6.07) is 0. The fraction of sp³-hybridized carbons (Fsp3) is 0.571. The first kappa shape index (κ1) is 22.5. The van der Waals surface area contributed by atoms with E-state index in [2.05, 4.69) is 6.92 Å². The van der Waals surface area contributed by atoms with Crippen LogP contribution >= 0.6 is 0 Å². The van der Waals surface area contributed by atoms with Crippen LogP contribution in [0.4, 0.5) is 0 Å². The molecule has 0 aliphatic rings. The van der Waals surface area contributed by atoms with Crippen LogP contribution in [0.5, 0.6) is 0 Å². The predicted molar refractivity (Wildman–Crippen MR) is 38.4 cm³/mol. The van der Waals surface area contributed by atoms with Gasteiger partial charge in [0.15, 0.2) is 0 Å². The zero-order valence-electron chi connectivity index (χ0n) is 6.53. The van der Waals surface area contributed by atoms with E-state index in [1.165, 1.54) is 26.4 Å². The Hall–Kier alpha value is -0.141. The Bertz CT molecular complexity index is 40.9. The van der Waals surface area contributed by atoms with Gasteiger partial charge in [0.1, 0.15) is 0 Å². The number of hydrogen-bond acceptors (Lipinski definition) is 2. The summed E-state index contributed by atoms with van der Waals surface area (Å²) in [6.07, 6.45) is 4.00. The van der Waals surface area contributed by atoms with E-state index in [0.717, 1.165) is 6.42 Å². The topological polar surface area (TPSA) is 34.1 Å². The van der Waals surface area contributed by atoms with E-state index in [1.54, 1.807) is 0 Å². The average molecular weight is 193 g/mol. The number of hydrogen-bond donors (Lipinski definition) is 0. The summed E-state index contributed by atoms with van der Waals surface area (Å²) in [5, 5.41) is 0. The van der Waals surface area contributed by atoms with Crippen LogP contribution in [0.25, 0.3) is 0 Å². The second-order valence-electron chi connectivity index (χ2n) is 0.908. The summed E-state index contributed by atoms with van der Waals surface area (Å²) in [5.74, 6) is 0. The molecule has 0 atom stereocenters. The molecule has 0 bridgehead atoms. The van der Waals surface area contributed by atoms with Gasteiger partial charge < -0.3 is 16.5 Å². The average Bonchev–Trinajstić information content (AvgIpc) is 1.70. The molecule has 0 saturated heterocycles. The van der Waals surface area contributed by atoms with Gasteiger partial charge in [-0.2, -0.15) is 20.3 Å². The SMILES string of the molecule is C[C-]=O.C[C-]=O.[CH2-]CC.[Cu]. The standard InChI is InChI=1S/C3H7.2C2H3O.Cu/c1-3-2;2*1-2-3;/h1,3H2,2H3;2*1H3;/q3*-1;. The summed E-state index contributed by atoms with van der Waals surface area (Å²) in [6.45, 7) is 8.14. The van der Waals surface area contributed by atoms with Crippen LogP contribution in [0.3, 0.4) is 0 Å². The second-order valence-corrected chi connectivity index (χ2v) is 0.908. The summed E-state index contributed by atoms with van der Waals surface area (Å²) in [4.78, 5) is 17.4. The van der Waals surface area contributed by atoms with Gasteiger partial charge in [-0.1, -0.05) is 6.92 Å². The largest absolute Gasteiger partial charge is 0.542 e. The first-order valence-electron chi connectivity index (χ1n) is 2.62. The second kappa shape index (κ2) is 66.9. The molecule has 0 aromatic heterocycles. The summed E-state index contributed by atoms with van der Waals surface area (Å²) >= 11 is 0. The number of carbonyl (C=O) groups excluding carboxylic acids is 2. The van der Waals surface area contributed by atoms with E-state index < -0.39 is 0 Å². The molecule has 67 valence electrons. The maximum atomic E-state index is 8.68. The molecular weight excluding hydrogens is 180 g/mol. The Morgan fingerprint density at radius 2 is 1.20 bits per heavy atom. The van der Waals surface area contributed by atoms with Crippen molar-refractivity contribution in [3.8, 4) is 0 Å². The summed E-state index contributed by atoms with van der Waals surface area (Å²) in [7, 11) is 0. The molecule has 1 radical (unpaired) electrons. The molecule has 0 aromatic rings. The third-order valence-corrected chi connectivity index (χ3v) is 0. The molecule has 0 heterocycles. The van der Waals surface area contributed by atoms with Crippen LogP contribution < -0.4 is 0 Å². The third kappa shape index (κ3) is 18700. The van der Waals surface area contributed by atoms with Crippen LogP contribution in [0.2, 0.25) is 0 Å². The molecule has 3 heteroatoms. The van der Waals surface area contributed by atoms with E-state index in [-0.39, 0.29) is 17.1 Å². The molecule has 0 aliphatic carbocycles. The monoisotopic (exact) mass is 192 g/mol. The van der Waals surface area contributed by atoms with Crippen molar-refractivity contribution in [3.63, 3.8) is 0 Å². The van der Waals surface area contributed by atoms with E-state index in [9.17, 15) is 0 Å². The predicted octanol–water partition coefficient (Wildman–Crippen LogP) is 1.46. The minimum Gasteiger partial charge on any atom is -0.542 e. The Balaban J connectivity index is -0.0000000257. The number of rotatable bonds is 0. The van der Waals surface area contributed by atoms with Gasteiger partial charge in [0.25, 0.3) is 0 Å². The van der Waals surface area contributed by atoms with Gasteiger partial charge in [-0.15, -0.1) is 0 Å². The normalized spacial score (nSPS) is 4.40. The van der Waals surface area contributed by atoms with Crippen LogP contribution in [-0.4, -0.2) is 12.6 Å². The van der Waals surface area contributed by atoms with Gasteiger partial charge >= 0.3 is 0 Å². The Kier molecular flexibility index (Phi) is 151. The van der Waals surface area contributed by atoms with Crippen molar-refractivity contribution in [2.75, 3.05) is 0 Å². The molecule has 0 rings (SSSR count). The fourth-order valence-corrected chi connectivity index (χ4v) is 0. The zero-order valence-corrected chi connectivity index (χ0v) is 7.47. The van der Waals surface area contributed by atoms with Crippen LogP contribution in [0.15, 0.2) is 0 Å². The van der Waals surface area contributed by atoms with Crippen molar-refractivity contribution in [2.45, 2.75) is 27.2 Å². The quantitative estimate of drug-likeness (QED) is 0.430. The van der Waals surface area contributed by atoms with Gasteiger partial charge in [-0.3, -0.25) is 12.6 Å². The summed E-state index contributed by atoms with van der Waals surface area (Å²) < 4.78 is 0. The molecule has 0 fully saturated rings. The maximum Gasteiger partial charge on any atom is 0 e. The van der Waals surface area contributed by atoms with E-state index in [4.69, 9.17) is 9.59 Å². The van der Waals surface area contributed by atoms with Crippen molar-refractivity contribution >= 4 is 12.6 Å². The molecule has 10 heavy (non-hydrogen) atoms. The van der Waals surface area contributed by atoms with Gasteiger partial charge in [0, 0.05) is 17.1 Å². The van der Waals surface area contributed by atoms with Crippen LogP contribution in [0.1, 0.15) is 27.2 Å². The molecule has 0 unspecified atom stereocenters. The molecule has 0 aliphatic heterocycles. The van der Waals surface area contributed by atoms with Crippen LogP contribution in [-0.2, 0) is 26.7 Å².